The topological polar surface area (TPSA) is 55.6 Å². The third-order valence-electron chi connectivity index (χ3n) is 2.95. The van der Waals surface area contributed by atoms with Crippen LogP contribution >= 0.6 is 0 Å². The highest BCUT2D eigenvalue weighted by atomic mass is 15.2. The number of nitrogens with one attached hydrogen (secondary N) is 1. The molecule has 0 amide bonds. The van der Waals surface area contributed by atoms with Gasteiger partial charge in [-0.2, -0.15) is 5.10 Å². The molecular weight excluding hydrogens is 238 g/mol. The van der Waals surface area contributed by atoms with Crippen LogP contribution in [0.1, 0.15) is 36.3 Å². The van der Waals surface area contributed by atoms with E-state index in [4.69, 9.17) is 0 Å². The zero-order valence-electron chi connectivity index (χ0n) is 11.8. The average Bonchev–Trinajstić information content (AvgIpc) is 2.81. The third kappa shape index (κ3) is 3.86. The molecule has 102 valence electrons. The van der Waals surface area contributed by atoms with E-state index in [1.54, 1.807) is 0 Å². The molecule has 0 aliphatic carbocycles. The first-order chi connectivity index (χ1) is 9.19. The summed E-state index contributed by atoms with van der Waals surface area (Å²) in [6, 6.07) is 0.143. The first-order valence-electron chi connectivity index (χ1n) is 6.68. The van der Waals surface area contributed by atoms with Crippen molar-refractivity contribution in [1.82, 2.24) is 25.1 Å². The van der Waals surface area contributed by atoms with E-state index in [1.165, 1.54) is 5.56 Å². The molecule has 2 aromatic rings. The summed E-state index contributed by atoms with van der Waals surface area (Å²) in [5, 5.41) is 7.71. The van der Waals surface area contributed by atoms with Crippen LogP contribution in [0.25, 0.3) is 0 Å². The molecule has 0 bridgehead atoms. The molecule has 0 aromatic carbocycles. The Morgan fingerprint density at radius 2 is 2.00 bits per heavy atom. The minimum absolute atomic E-state index is 0.143. The predicted octanol–water partition coefficient (Wildman–Crippen LogP) is 1.80. The molecule has 0 saturated heterocycles. The van der Waals surface area contributed by atoms with E-state index in [9.17, 15) is 0 Å². The van der Waals surface area contributed by atoms with Crippen molar-refractivity contribution >= 4 is 0 Å². The highest BCUT2D eigenvalue weighted by Gasteiger charge is 2.15. The summed E-state index contributed by atoms with van der Waals surface area (Å²) in [5.74, 6) is 0.850. The molecule has 2 heterocycles. The number of nitrogens with zero attached hydrogens (tertiary/aromatic N) is 4. The molecule has 1 unspecified atom stereocenters. The maximum atomic E-state index is 4.43. The van der Waals surface area contributed by atoms with E-state index < -0.39 is 0 Å². The molecule has 0 fully saturated rings. The van der Waals surface area contributed by atoms with Crippen molar-refractivity contribution in [2.24, 2.45) is 7.05 Å². The Kier molecular flexibility index (Phi) is 4.63. The highest BCUT2D eigenvalue weighted by molar-refractivity contribution is 5.11. The molecule has 19 heavy (non-hydrogen) atoms. The largest absolute Gasteiger partial charge is 0.307 e. The van der Waals surface area contributed by atoms with Crippen LogP contribution in [0.3, 0.4) is 0 Å². The van der Waals surface area contributed by atoms with Gasteiger partial charge in [-0.3, -0.25) is 4.68 Å². The average molecular weight is 259 g/mol. The Morgan fingerprint density at radius 1 is 1.26 bits per heavy atom. The van der Waals surface area contributed by atoms with E-state index in [1.807, 2.05) is 43.4 Å². The molecule has 5 heteroatoms. The van der Waals surface area contributed by atoms with Gasteiger partial charge in [-0.1, -0.05) is 6.92 Å². The van der Waals surface area contributed by atoms with E-state index >= 15 is 0 Å². The Hall–Kier alpha value is -1.75. The van der Waals surface area contributed by atoms with Gasteiger partial charge in [0.2, 0.25) is 0 Å². The first kappa shape index (κ1) is 13.7. The molecule has 5 nitrogen and oxygen atoms in total. The highest BCUT2D eigenvalue weighted by Crippen LogP contribution is 2.14. The van der Waals surface area contributed by atoms with E-state index in [0.717, 1.165) is 30.8 Å². The van der Waals surface area contributed by atoms with Crippen molar-refractivity contribution in [3.8, 4) is 0 Å². The predicted molar refractivity (Wildman–Crippen MR) is 74.7 cm³/mol. The van der Waals surface area contributed by atoms with Gasteiger partial charge in [-0.15, -0.1) is 0 Å². The lowest BCUT2D eigenvalue weighted by molar-refractivity contribution is 0.504. The molecule has 2 rings (SSSR count). The summed E-state index contributed by atoms with van der Waals surface area (Å²) < 4.78 is 1.82. The second-order valence-corrected chi connectivity index (χ2v) is 4.85. The Bertz CT molecular complexity index is 503. The number of hydrogen-bond donors (Lipinski definition) is 1. The molecule has 0 aliphatic heterocycles. The second-order valence-electron chi connectivity index (χ2n) is 4.85. The van der Waals surface area contributed by atoms with Crippen LogP contribution in [0.2, 0.25) is 0 Å². The lowest BCUT2D eigenvalue weighted by atomic mass is 10.1. The number of hydrogen-bond acceptors (Lipinski definition) is 4. The van der Waals surface area contributed by atoms with Crippen LogP contribution in [0.4, 0.5) is 0 Å². The number of aromatic nitrogens is 4. The fourth-order valence-electron chi connectivity index (χ4n) is 1.97. The van der Waals surface area contributed by atoms with Crippen LogP contribution in [-0.4, -0.2) is 26.3 Å². The first-order valence-corrected chi connectivity index (χ1v) is 6.68. The molecule has 0 saturated carbocycles. The van der Waals surface area contributed by atoms with Gasteiger partial charge in [-0.25, -0.2) is 9.97 Å². The smallest absolute Gasteiger partial charge is 0.145 e. The Morgan fingerprint density at radius 3 is 2.58 bits per heavy atom. The third-order valence-corrected chi connectivity index (χ3v) is 2.95. The van der Waals surface area contributed by atoms with Crippen molar-refractivity contribution in [3.05, 3.63) is 41.7 Å². The van der Waals surface area contributed by atoms with Crippen molar-refractivity contribution in [2.45, 2.75) is 32.7 Å². The normalized spacial score (nSPS) is 12.6. The monoisotopic (exact) mass is 259 g/mol. The maximum Gasteiger partial charge on any atom is 0.145 e. The molecule has 1 N–H and O–H groups in total. The number of aryl methyl sites for hydroxylation is 2. The Balaban J connectivity index is 2.13. The van der Waals surface area contributed by atoms with E-state index in [-0.39, 0.29) is 6.04 Å². The van der Waals surface area contributed by atoms with Crippen LogP contribution in [0.15, 0.2) is 24.8 Å². The van der Waals surface area contributed by atoms with Crippen molar-refractivity contribution < 1.29 is 0 Å². The van der Waals surface area contributed by atoms with Gasteiger partial charge in [-0.05, 0) is 37.4 Å². The van der Waals surface area contributed by atoms with Gasteiger partial charge in [0.25, 0.3) is 0 Å². The second kappa shape index (κ2) is 6.43. The maximum absolute atomic E-state index is 4.43. The molecule has 0 spiro atoms. The fourth-order valence-corrected chi connectivity index (χ4v) is 1.97. The molecule has 1 atom stereocenters. The number of rotatable bonds is 6. The summed E-state index contributed by atoms with van der Waals surface area (Å²) in [7, 11) is 1.93. The van der Waals surface area contributed by atoms with Gasteiger partial charge in [0.15, 0.2) is 0 Å². The lowest BCUT2D eigenvalue weighted by Gasteiger charge is -2.16. The van der Waals surface area contributed by atoms with E-state index in [0.29, 0.717) is 0 Å². The van der Waals surface area contributed by atoms with Crippen LogP contribution in [0, 0.1) is 6.92 Å². The zero-order chi connectivity index (χ0) is 13.7. The molecule has 2 aromatic heterocycles. The summed E-state index contributed by atoms with van der Waals surface area (Å²) in [6.45, 7) is 5.12. The molecule has 0 aliphatic rings. The fraction of sp³-hybridized carbons (Fsp3) is 0.500. The van der Waals surface area contributed by atoms with Gasteiger partial charge in [0.05, 0.1) is 12.2 Å². The minimum Gasteiger partial charge on any atom is -0.307 e. The van der Waals surface area contributed by atoms with Crippen LogP contribution < -0.4 is 5.32 Å². The van der Waals surface area contributed by atoms with Crippen LogP contribution in [-0.2, 0) is 13.5 Å². The summed E-state index contributed by atoms with van der Waals surface area (Å²) in [5.41, 5.74) is 2.28. The lowest BCUT2D eigenvalue weighted by Crippen LogP contribution is -2.25. The molecule has 0 radical (unpaired) electrons. The summed E-state index contributed by atoms with van der Waals surface area (Å²) >= 11 is 0. The minimum atomic E-state index is 0.143. The summed E-state index contributed by atoms with van der Waals surface area (Å²) in [4.78, 5) is 8.87. The van der Waals surface area contributed by atoms with Gasteiger partial charge in [0, 0.05) is 25.6 Å². The van der Waals surface area contributed by atoms with Crippen molar-refractivity contribution in [2.75, 3.05) is 6.54 Å². The van der Waals surface area contributed by atoms with Crippen molar-refractivity contribution in [3.63, 3.8) is 0 Å². The van der Waals surface area contributed by atoms with Gasteiger partial charge < -0.3 is 5.32 Å². The Labute approximate surface area is 114 Å². The molecular formula is C14H21N5. The van der Waals surface area contributed by atoms with Gasteiger partial charge in [0.1, 0.15) is 5.82 Å². The summed E-state index contributed by atoms with van der Waals surface area (Å²) in [6.07, 6.45) is 9.62. The quantitative estimate of drug-likeness (QED) is 0.859. The van der Waals surface area contributed by atoms with Gasteiger partial charge >= 0.3 is 0 Å². The van der Waals surface area contributed by atoms with Crippen LogP contribution in [0.5, 0.6) is 0 Å². The SMILES string of the molecule is CCCNC(Cc1cnn(C)c1)c1ncc(C)cn1. The van der Waals surface area contributed by atoms with E-state index in [2.05, 4.69) is 27.3 Å². The zero-order valence-corrected chi connectivity index (χ0v) is 11.8. The standard InChI is InChI=1S/C14H21N5/c1-4-5-15-13(6-12-9-18-19(3)10-12)14-16-7-11(2)8-17-14/h7-10,13,15H,4-6H2,1-3H3. The van der Waals surface area contributed by atoms with Crippen molar-refractivity contribution in [1.29, 1.82) is 0 Å².